The SMILES string of the molecule is NCCOCCNCCCP(O)O. The molecule has 13 heavy (non-hydrogen) atoms. The van der Waals surface area contributed by atoms with Crippen LogP contribution in [0.4, 0.5) is 0 Å². The van der Waals surface area contributed by atoms with Crippen LogP contribution in [0.1, 0.15) is 6.42 Å². The molecule has 0 unspecified atom stereocenters. The van der Waals surface area contributed by atoms with Crippen molar-refractivity contribution in [2.45, 2.75) is 6.42 Å². The van der Waals surface area contributed by atoms with Gasteiger partial charge in [-0.3, -0.25) is 0 Å². The minimum atomic E-state index is -1.72. The van der Waals surface area contributed by atoms with Gasteiger partial charge in [0.1, 0.15) is 0 Å². The van der Waals surface area contributed by atoms with Gasteiger partial charge in [-0.2, -0.15) is 0 Å². The van der Waals surface area contributed by atoms with E-state index in [1.807, 2.05) is 0 Å². The maximum absolute atomic E-state index is 8.58. The van der Waals surface area contributed by atoms with Crippen molar-refractivity contribution >= 4 is 8.38 Å². The lowest BCUT2D eigenvalue weighted by Crippen LogP contribution is -2.22. The second-order valence-electron chi connectivity index (χ2n) is 2.60. The molecule has 80 valence electrons. The minimum absolute atomic E-state index is 0.478. The second kappa shape index (κ2) is 10.3. The molecule has 0 amide bonds. The molecule has 0 rings (SSSR count). The predicted molar refractivity (Wildman–Crippen MR) is 53.6 cm³/mol. The maximum Gasteiger partial charge on any atom is 0.164 e. The molecule has 0 aromatic rings. The summed E-state index contributed by atoms with van der Waals surface area (Å²) in [6.07, 6.45) is 1.27. The normalized spacial score (nSPS) is 11.1. The molecule has 0 aromatic carbocycles. The summed E-state index contributed by atoms with van der Waals surface area (Å²) in [5, 5.41) is 3.12. The number of ether oxygens (including phenoxy) is 1. The zero-order chi connectivity index (χ0) is 9.94. The fourth-order valence-electron chi connectivity index (χ4n) is 0.800. The van der Waals surface area contributed by atoms with E-state index in [9.17, 15) is 0 Å². The Kier molecular flexibility index (Phi) is 10.5. The van der Waals surface area contributed by atoms with E-state index < -0.39 is 8.38 Å². The molecule has 0 aromatic heterocycles. The highest BCUT2D eigenvalue weighted by Crippen LogP contribution is 2.22. The first-order chi connectivity index (χ1) is 6.27. The van der Waals surface area contributed by atoms with Crippen LogP contribution in [0, 0.1) is 0 Å². The van der Waals surface area contributed by atoms with Crippen LogP contribution in [0.25, 0.3) is 0 Å². The molecule has 0 aliphatic rings. The molecular weight excluding hydrogens is 191 g/mol. The van der Waals surface area contributed by atoms with Crippen LogP contribution in [0.5, 0.6) is 0 Å². The third-order valence-electron chi connectivity index (χ3n) is 1.40. The largest absolute Gasteiger partial charge is 0.379 e. The van der Waals surface area contributed by atoms with Gasteiger partial charge in [-0.05, 0) is 13.0 Å². The molecular formula is C7H19N2O3P. The number of rotatable bonds is 9. The van der Waals surface area contributed by atoms with Gasteiger partial charge >= 0.3 is 0 Å². The van der Waals surface area contributed by atoms with Gasteiger partial charge < -0.3 is 25.6 Å². The van der Waals surface area contributed by atoms with Gasteiger partial charge in [0.2, 0.25) is 0 Å². The van der Waals surface area contributed by atoms with E-state index in [1.165, 1.54) is 0 Å². The van der Waals surface area contributed by atoms with Crippen molar-refractivity contribution in [3.63, 3.8) is 0 Å². The van der Waals surface area contributed by atoms with Crippen molar-refractivity contribution in [3.8, 4) is 0 Å². The van der Waals surface area contributed by atoms with E-state index in [0.717, 1.165) is 19.5 Å². The van der Waals surface area contributed by atoms with Crippen LogP contribution in [-0.2, 0) is 4.74 Å². The molecule has 0 fully saturated rings. The van der Waals surface area contributed by atoms with Crippen LogP contribution in [-0.4, -0.2) is 48.8 Å². The lowest BCUT2D eigenvalue weighted by molar-refractivity contribution is 0.143. The lowest BCUT2D eigenvalue weighted by atomic mass is 10.5. The van der Waals surface area contributed by atoms with Gasteiger partial charge in [0, 0.05) is 19.3 Å². The fourth-order valence-corrected chi connectivity index (χ4v) is 1.24. The number of hydrogen-bond acceptors (Lipinski definition) is 5. The fraction of sp³-hybridized carbons (Fsp3) is 1.00. The monoisotopic (exact) mass is 210 g/mol. The van der Waals surface area contributed by atoms with E-state index in [4.69, 9.17) is 20.3 Å². The Morgan fingerprint density at radius 3 is 2.62 bits per heavy atom. The number of nitrogens with one attached hydrogen (secondary N) is 1. The van der Waals surface area contributed by atoms with E-state index in [0.29, 0.717) is 25.9 Å². The summed E-state index contributed by atoms with van der Waals surface area (Å²) in [5.74, 6) is 0. The third kappa shape index (κ3) is 12.2. The van der Waals surface area contributed by atoms with Crippen molar-refractivity contribution in [1.29, 1.82) is 0 Å². The average molecular weight is 210 g/mol. The van der Waals surface area contributed by atoms with Gasteiger partial charge in [-0.1, -0.05) is 0 Å². The predicted octanol–water partition coefficient (Wildman–Crippen LogP) is -0.762. The highest BCUT2D eigenvalue weighted by Gasteiger charge is 1.96. The summed E-state index contributed by atoms with van der Waals surface area (Å²) < 4.78 is 5.13. The van der Waals surface area contributed by atoms with Crippen LogP contribution in [0.2, 0.25) is 0 Å². The highest BCUT2D eigenvalue weighted by molar-refractivity contribution is 7.45. The van der Waals surface area contributed by atoms with Crippen molar-refractivity contribution in [1.82, 2.24) is 5.32 Å². The number of hydrogen-bond donors (Lipinski definition) is 4. The van der Waals surface area contributed by atoms with E-state index in [-0.39, 0.29) is 0 Å². The van der Waals surface area contributed by atoms with Crippen LogP contribution >= 0.6 is 8.38 Å². The molecule has 0 aliphatic heterocycles. The Morgan fingerprint density at radius 1 is 1.23 bits per heavy atom. The maximum atomic E-state index is 8.58. The molecule has 0 aliphatic carbocycles. The van der Waals surface area contributed by atoms with E-state index in [1.54, 1.807) is 0 Å². The quantitative estimate of drug-likeness (QED) is 0.297. The molecule has 0 heterocycles. The molecule has 5 N–H and O–H groups in total. The first-order valence-electron chi connectivity index (χ1n) is 4.41. The standard InChI is InChI=1S/C7H19N2O3P/c8-2-5-12-6-4-9-3-1-7-13(10)11/h9-11H,1-8H2. The Morgan fingerprint density at radius 2 is 2.00 bits per heavy atom. The molecule has 0 saturated carbocycles. The molecule has 0 spiro atoms. The van der Waals surface area contributed by atoms with Crippen LogP contribution < -0.4 is 11.1 Å². The smallest absolute Gasteiger partial charge is 0.164 e. The highest BCUT2D eigenvalue weighted by atomic mass is 31.2. The zero-order valence-corrected chi connectivity index (χ0v) is 8.67. The lowest BCUT2D eigenvalue weighted by Gasteiger charge is -2.05. The Labute approximate surface area is 80.2 Å². The zero-order valence-electron chi connectivity index (χ0n) is 7.78. The van der Waals surface area contributed by atoms with Gasteiger partial charge in [0.25, 0.3) is 0 Å². The van der Waals surface area contributed by atoms with Crippen molar-refractivity contribution < 1.29 is 14.5 Å². The molecule has 5 nitrogen and oxygen atoms in total. The minimum Gasteiger partial charge on any atom is -0.379 e. The Hall–Kier alpha value is 0.230. The molecule has 0 atom stereocenters. The first-order valence-corrected chi connectivity index (χ1v) is 5.84. The van der Waals surface area contributed by atoms with Crippen LogP contribution in [0.15, 0.2) is 0 Å². The summed E-state index contributed by atoms with van der Waals surface area (Å²) in [7, 11) is -1.72. The summed E-state index contributed by atoms with van der Waals surface area (Å²) in [4.78, 5) is 17.2. The summed E-state index contributed by atoms with van der Waals surface area (Å²) in [6, 6.07) is 0. The number of nitrogens with two attached hydrogens (primary N) is 1. The Bertz CT molecular complexity index is 106. The van der Waals surface area contributed by atoms with Crippen molar-refractivity contribution in [3.05, 3.63) is 0 Å². The average Bonchev–Trinajstić information content (AvgIpc) is 2.09. The van der Waals surface area contributed by atoms with Gasteiger partial charge in [-0.25, -0.2) is 0 Å². The topological polar surface area (TPSA) is 87.7 Å². The summed E-state index contributed by atoms with van der Waals surface area (Å²) in [5.41, 5.74) is 5.23. The molecule has 0 saturated heterocycles. The van der Waals surface area contributed by atoms with E-state index >= 15 is 0 Å². The van der Waals surface area contributed by atoms with Gasteiger partial charge in [-0.15, -0.1) is 0 Å². The summed E-state index contributed by atoms with van der Waals surface area (Å²) in [6.45, 7) is 3.39. The van der Waals surface area contributed by atoms with Crippen molar-refractivity contribution in [2.75, 3.05) is 39.0 Å². The van der Waals surface area contributed by atoms with Crippen molar-refractivity contribution in [2.24, 2.45) is 5.73 Å². The summed E-state index contributed by atoms with van der Waals surface area (Å²) >= 11 is 0. The van der Waals surface area contributed by atoms with E-state index in [2.05, 4.69) is 5.32 Å². The van der Waals surface area contributed by atoms with Gasteiger partial charge in [0.05, 0.1) is 13.2 Å². The molecule has 0 radical (unpaired) electrons. The molecule has 6 heteroatoms. The first kappa shape index (κ1) is 13.2. The Balaban J connectivity index is 2.84. The van der Waals surface area contributed by atoms with Gasteiger partial charge in [0.15, 0.2) is 8.38 Å². The molecule has 0 bridgehead atoms. The second-order valence-corrected chi connectivity index (χ2v) is 3.79. The third-order valence-corrected chi connectivity index (χ3v) is 2.11. The van der Waals surface area contributed by atoms with Crippen LogP contribution in [0.3, 0.4) is 0 Å².